The maximum atomic E-state index is 11.2. The van der Waals surface area contributed by atoms with Crippen LogP contribution in [0, 0.1) is 5.92 Å². The lowest BCUT2D eigenvalue weighted by atomic mass is 10.2. The minimum atomic E-state index is -0.362. The molecule has 0 rings (SSSR count). The summed E-state index contributed by atoms with van der Waals surface area (Å²) in [5.41, 5.74) is 0. The molecule has 0 heterocycles. The lowest BCUT2D eigenvalue weighted by Crippen LogP contribution is -2.31. The zero-order chi connectivity index (χ0) is 11.0. The van der Waals surface area contributed by atoms with Crippen LogP contribution in [0.25, 0.3) is 0 Å². The highest BCUT2D eigenvalue weighted by Gasteiger charge is 2.13. The molecule has 1 unspecified atom stereocenters. The molecule has 0 spiro atoms. The Hall–Kier alpha value is -1.58. The van der Waals surface area contributed by atoms with Crippen molar-refractivity contribution in [1.82, 2.24) is 5.32 Å². The van der Waals surface area contributed by atoms with E-state index in [0.29, 0.717) is 0 Å². The summed E-state index contributed by atoms with van der Waals surface area (Å²) >= 11 is 0. The molecule has 0 aromatic heterocycles. The fourth-order valence-electron chi connectivity index (χ4n) is 0.693. The van der Waals surface area contributed by atoms with Crippen LogP contribution in [-0.4, -0.2) is 25.0 Å². The quantitative estimate of drug-likeness (QED) is 0.386. The van der Waals surface area contributed by atoms with E-state index in [1.54, 1.807) is 6.92 Å². The first-order valence-corrected chi connectivity index (χ1v) is 4.29. The Morgan fingerprint density at radius 3 is 2.64 bits per heavy atom. The first-order chi connectivity index (χ1) is 6.61. The lowest BCUT2D eigenvalue weighted by Gasteiger charge is -2.10. The molecule has 0 aliphatic carbocycles. The minimum Gasteiger partial charge on any atom is -0.461 e. The van der Waals surface area contributed by atoms with Gasteiger partial charge in [0.1, 0.15) is 6.61 Å². The second-order valence-electron chi connectivity index (χ2n) is 2.77. The van der Waals surface area contributed by atoms with Crippen molar-refractivity contribution in [3.8, 4) is 0 Å². The monoisotopic (exact) mass is 197 g/mol. The van der Waals surface area contributed by atoms with Gasteiger partial charge in [0.25, 0.3) is 0 Å². The number of rotatable bonds is 6. The van der Waals surface area contributed by atoms with Crippen LogP contribution in [0.1, 0.15) is 6.92 Å². The Morgan fingerprint density at radius 1 is 1.50 bits per heavy atom. The van der Waals surface area contributed by atoms with Crippen LogP contribution in [0.4, 0.5) is 0 Å². The molecule has 0 aliphatic rings. The van der Waals surface area contributed by atoms with E-state index in [0.717, 1.165) is 6.08 Å². The molecule has 1 amide bonds. The molecular formula is C10H15NO3. The van der Waals surface area contributed by atoms with Gasteiger partial charge in [0.15, 0.2) is 0 Å². The number of amides is 1. The maximum Gasteiger partial charge on any atom is 0.310 e. The Bertz CT molecular complexity index is 236. The third-order valence-electron chi connectivity index (χ3n) is 1.51. The zero-order valence-electron chi connectivity index (χ0n) is 8.29. The number of carbonyl (C=O) groups excluding carboxylic acids is 2. The van der Waals surface area contributed by atoms with Crippen LogP contribution in [0.15, 0.2) is 25.3 Å². The van der Waals surface area contributed by atoms with Crippen LogP contribution in [-0.2, 0) is 14.3 Å². The largest absolute Gasteiger partial charge is 0.461 e. The van der Waals surface area contributed by atoms with Gasteiger partial charge in [-0.15, -0.1) is 0 Å². The van der Waals surface area contributed by atoms with Gasteiger partial charge in [-0.25, -0.2) is 0 Å². The van der Waals surface area contributed by atoms with Crippen LogP contribution in [0.5, 0.6) is 0 Å². The number of ether oxygens (including phenoxy) is 1. The van der Waals surface area contributed by atoms with E-state index in [1.807, 2.05) is 0 Å². The molecule has 0 aromatic rings. The lowest BCUT2D eigenvalue weighted by molar-refractivity contribution is -0.146. The average molecular weight is 197 g/mol. The van der Waals surface area contributed by atoms with Crippen LogP contribution in [0.2, 0.25) is 0 Å². The Morgan fingerprint density at radius 2 is 2.14 bits per heavy atom. The molecule has 0 saturated carbocycles. The Kier molecular flexibility index (Phi) is 6.11. The predicted molar refractivity (Wildman–Crippen MR) is 53.5 cm³/mol. The number of hydrogen-bond donors (Lipinski definition) is 1. The number of esters is 1. The van der Waals surface area contributed by atoms with Crippen molar-refractivity contribution in [2.45, 2.75) is 6.92 Å². The summed E-state index contributed by atoms with van der Waals surface area (Å²) in [6, 6.07) is 0. The summed E-state index contributed by atoms with van der Waals surface area (Å²) in [5.74, 6) is -1.01. The molecule has 1 N–H and O–H groups in total. The minimum absolute atomic E-state index is 0.193. The normalized spacial score (nSPS) is 11.2. The predicted octanol–water partition coefficient (Wildman–Crippen LogP) is 0.654. The van der Waals surface area contributed by atoms with E-state index in [9.17, 15) is 9.59 Å². The highest BCUT2D eigenvalue weighted by atomic mass is 16.5. The van der Waals surface area contributed by atoms with Gasteiger partial charge in [-0.1, -0.05) is 26.2 Å². The summed E-state index contributed by atoms with van der Waals surface area (Å²) in [7, 11) is 0. The van der Waals surface area contributed by atoms with Gasteiger partial charge in [-0.05, 0) is 6.08 Å². The fraction of sp³-hybridized carbons (Fsp3) is 0.400. The third-order valence-corrected chi connectivity index (χ3v) is 1.51. The summed E-state index contributed by atoms with van der Waals surface area (Å²) in [4.78, 5) is 21.9. The molecule has 14 heavy (non-hydrogen) atoms. The van der Waals surface area contributed by atoms with Gasteiger partial charge in [0.05, 0.1) is 5.92 Å². The number of nitrogens with one attached hydrogen (secondary N) is 1. The molecule has 0 aliphatic heterocycles. The molecule has 4 heteroatoms. The van der Waals surface area contributed by atoms with Crippen LogP contribution in [0.3, 0.4) is 0 Å². The SMILES string of the molecule is C=CCOC(=O)C(C)CNC(=O)C=C. The van der Waals surface area contributed by atoms with Crippen molar-refractivity contribution in [2.75, 3.05) is 13.2 Å². The molecule has 4 nitrogen and oxygen atoms in total. The molecule has 0 bridgehead atoms. The van der Waals surface area contributed by atoms with Crippen LogP contribution < -0.4 is 5.32 Å². The number of carbonyl (C=O) groups is 2. The van der Waals surface area contributed by atoms with Crippen molar-refractivity contribution in [3.05, 3.63) is 25.3 Å². The molecule has 0 radical (unpaired) electrons. The van der Waals surface area contributed by atoms with Gasteiger partial charge >= 0.3 is 5.97 Å². The standard InChI is InChI=1S/C10H15NO3/c1-4-6-14-10(13)8(3)7-11-9(12)5-2/h4-5,8H,1-2,6-7H2,3H3,(H,11,12). The van der Waals surface area contributed by atoms with Crippen molar-refractivity contribution in [2.24, 2.45) is 5.92 Å². The van der Waals surface area contributed by atoms with Gasteiger partial charge in [-0.3, -0.25) is 9.59 Å². The fourth-order valence-corrected chi connectivity index (χ4v) is 0.693. The molecule has 78 valence electrons. The first kappa shape index (κ1) is 12.4. The van der Waals surface area contributed by atoms with E-state index in [-0.39, 0.29) is 30.9 Å². The highest BCUT2D eigenvalue weighted by molar-refractivity contribution is 5.87. The van der Waals surface area contributed by atoms with Crippen molar-refractivity contribution in [1.29, 1.82) is 0 Å². The van der Waals surface area contributed by atoms with Gasteiger partial charge in [0.2, 0.25) is 5.91 Å². The summed E-state index contributed by atoms with van der Waals surface area (Å²) in [6.45, 7) is 8.83. The van der Waals surface area contributed by atoms with Crippen molar-refractivity contribution >= 4 is 11.9 Å². The maximum absolute atomic E-state index is 11.2. The molecule has 0 aromatic carbocycles. The van der Waals surface area contributed by atoms with Gasteiger partial charge in [-0.2, -0.15) is 0 Å². The van der Waals surface area contributed by atoms with E-state index in [1.165, 1.54) is 6.08 Å². The van der Waals surface area contributed by atoms with Gasteiger partial charge in [0, 0.05) is 6.54 Å². The zero-order valence-corrected chi connectivity index (χ0v) is 8.29. The Labute approximate surface area is 83.6 Å². The third kappa shape index (κ3) is 5.13. The highest BCUT2D eigenvalue weighted by Crippen LogP contribution is 1.96. The summed E-state index contributed by atoms with van der Waals surface area (Å²) in [5, 5.41) is 2.51. The second-order valence-corrected chi connectivity index (χ2v) is 2.77. The van der Waals surface area contributed by atoms with Crippen molar-refractivity contribution < 1.29 is 14.3 Å². The topological polar surface area (TPSA) is 55.4 Å². The number of hydrogen-bond acceptors (Lipinski definition) is 3. The summed E-state index contributed by atoms with van der Waals surface area (Å²) < 4.78 is 4.78. The van der Waals surface area contributed by atoms with E-state index in [4.69, 9.17) is 4.74 Å². The molecular weight excluding hydrogens is 182 g/mol. The average Bonchev–Trinajstić information content (AvgIpc) is 2.21. The van der Waals surface area contributed by atoms with E-state index in [2.05, 4.69) is 18.5 Å². The molecule has 0 saturated heterocycles. The first-order valence-electron chi connectivity index (χ1n) is 4.29. The van der Waals surface area contributed by atoms with E-state index < -0.39 is 0 Å². The van der Waals surface area contributed by atoms with Crippen LogP contribution >= 0.6 is 0 Å². The van der Waals surface area contributed by atoms with Crippen molar-refractivity contribution in [3.63, 3.8) is 0 Å². The Balaban J connectivity index is 3.77. The van der Waals surface area contributed by atoms with Gasteiger partial charge < -0.3 is 10.1 Å². The summed E-state index contributed by atoms with van der Waals surface area (Å²) in [6.07, 6.45) is 2.65. The second kappa shape index (κ2) is 6.88. The molecule has 1 atom stereocenters. The van der Waals surface area contributed by atoms with E-state index >= 15 is 0 Å². The molecule has 0 fully saturated rings. The smallest absolute Gasteiger partial charge is 0.310 e.